The summed E-state index contributed by atoms with van der Waals surface area (Å²) in [5.41, 5.74) is 0. The van der Waals surface area contributed by atoms with E-state index in [2.05, 4.69) is 142 Å². The van der Waals surface area contributed by atoms with Crippen molar-refractivity contribution in [1.82, 2.24) is 0 Å². The molecule has 0 aliphatic heterocycles. The standard InChI is InChI=1S/C67H110O6/c1-4-7-10-13-16-18-20-22-24-26-27-28-29-30-31-32-33-34-35-36-37-38-39-41-42-44-46-48-51-54-57-60-66(69)72-63-64(62-71-65(68)59-56-53-50-15-12-9-6-3)73-67(70)61-58-55-52-49-47-45-43-40-25-23-21-19-17-14-11-8-5-2/h7-8,10-11,16-19,22-25,27-28,30-31,33-34,36-37,64H,4-6,9,12-15,20-21,26,29,32,35,38-63H2,1-3H3/b10-7-,11-8-,18-16-,19-17-,24-22-,25-23-,28-27-,31-30-,34-33-,37-36-. The maximum atomic E-state index is 12.8. The van der Waals surface area contributed by atoms with Gasteiger partial charge < -0.3 is 14.2 Å². The van der Waals surface area contributed by atoms with Crippen molar-refractivity contribution in [1.29, 1.82) is 0 Å². The Morgan fingerprint density at radius 2 is 0.534 bits per heavy atom. The van der Waals surface area contributed by atoms with Gasteiger partial charge in [-0.05, 0) is 109 Å². The fraction of sp³-hybridized carbons (Fsp3) is 0.657. The second-order valence-electron chi connectivity index (χ2n) is 19.5. The first-order chi connectivity index (χ1) is 36.0. The molecule has 0 amide bonds. The summed E-state index contributed by atoms with van der Waals surface area (Å²) in [5, 5.41) is 0. The first kappa shape index (κ1) is 68.8. The van der Waals surface area contributed by atoms with Crippen molar-refractivity contribution in [2.24, 2.45) is 0 Å². The van der Waals surface area contributed by atoms with Crippen LogP contribution in [-0.4, -0.2) is 37.2 Å². The Bertz CT molecular complexity index is 1540. The summed E-state index contributed by atoms with van der Waals surface area (Å²) in [5.74, 6) is -0.908. The van der Waals surface area contributed by atoms with E-state index in [1.807, 2.05) is 0 Å². The number of hydrogen-bond acceptors (Lipinski definition) is 6. The molecule has 0 aromatic heterocycles. The number of unbranched alkanes of at least 4 members (excludes halogenated alkanes) is 22. The highest BCUT2D eigenvalue weighted by molar-refractivity contribution is 5.71. The zero-order valence-electron chi connectivity index (χ0n) is 47.4. The molecule has 0 saturated heterocycles. The van der Waals surface area contributed by atoms with E-state index in [0.29, 0.717) is 19.3 Å². The molecule has 6 nitrogen and oxygen atoms in total. The molecule has 0 radical (unpaired) electrons. The highest BCUT2D eigenvalue weighted by Crippen LogP contribution is 2.15. The van der Waals surface area contributed by atoms with Gasteiger partial charge in [0.1, 0.15) is 13.2 Å². The number of ether oxygens (including phenoxy) is 3. The molecule has 0 rings (SSSR count). The molecule has 0 aliphatic rings. The molecule has 73 heavy (non-hydrogen) atoms. The summed E-state index contributed by atoms with van der Waals surface area (Å²) in [6.45, 7) is 6.36. The van der Waals surface area contributed by atoms with Crippen molar-refractivity contribution in [2.45, 2.75) is 271 Å². The van der Waals surface area contributed by atoms with Gasteiger partial charge in [0.05, 0.1) is 0 Å². The number of rotatable bonds is 53. The third kappa shape index (κ3) is 58.6. The van der Waals surface area contributed by atoms with Crippen LogP contribution in [0.3, 0.4) is 0 Å². The van der Waals surface area contributed by atoms with Crippen LogP contribution >= 0.6 is 0 Å². The normalized spacial score (nSPS) is 13.0. The molecule has 414 valence electrons. The summed E-state index contributed by atoms with van der Waals surface area (Å²) in [7, 11) is 0. The number of esters is 3. The third-order valence-corrected chi connectivity index (χ3v) is 12.5. The van der Waals surface area contributed by atoms with Gasteiger partial charge in [0, 0.05) is 19.3 Å². The molecule has 0 bridgehead atoms. The first-order valence-corrected chi connectivity index (χ1v) is 30.0. The average molecular weight is 1010 g/mol. The molecule has 0 spiro atoms. The summed E-state index contributed by atoms with van der Waals surface area (Å²) in [6.07, 6.45) is 83.6. The fourth-order valence-electron chi connectivity index (χ4n) is 8.03. The van der Waals surface area contributed by atoms with Gasteiger partial charge >= 0.3 is 17.9 Å². The van der Waals surface area contributed by atoms with E-state index < -0.39 is 6.10 Å². The van der Waals surface area contributed by atoms with E-state index in [9.17, 15) is 14.4 Å². The van der Waals surface area contributed by atoms with Crippen molar-refractivity contribution in [2.75, 3.05) is 13.2 Å². The second kappa shape index (κ2) is 60.4. The zero-order valence-corrected chi connectivity index (χ0v) is 47.4. The smallest absolute Gasteiger partial charge is 0.306 e. The Morgan fingerprint density at radius 3 is 0.836 bits per heavy atom. The molecule has 0 aromatic rings. The topological polar surface area (TPSA) is 78.9 Å². The number of hydrogen-bond donors (Lipinski definition) is 0. The fourth-order valence-corrected chi connectivity index (χ4v) is 8.03. The van der Waals surface area contributed by atoms with Crippen molar-refractivity contribution >= 4 is 17.9 Å². The predicted molar refractivity (Wildman–Crippen MR) is 316 cm³/mol. The summed E-state index contributed by atoms with van der Waals surface area (Å²) in [4.78, 5) is 38.0. The predicted octanol–water partition coefficient (Wildman–Crippen LogP) is 20.4. The van der Waals surface area contributed by atoms with Crippen LogP contribution in [-0.2, 0) is 28.6 Å². The van der Waals surface area contributed by atoms with Crippen LogP contribution < -0.4 is 0 Å². The number of carbonyl (C=O) groups is 3. The van der Waals surface area contributed by atoms with E-state index in [1.54, 1.807) is 0 Å². The Labute approximate surface area is 450 Å². The van der Waals surface area contributed by atoms with E-state index in [4.69, 9.17) is 14.2 Å². The lowest BCUT2D eigenvalue weighted by Gasteiger charge is -2.18. The molecule has 0 aromatic carbocycles. The molecular weight excluding hydrogens is 901 g/mol. The Balaban J connectivity index is 4.16. The van der Waals surface area contributed by atoms with Crippen LogP contribution in [0.15, 0.2) is 122 Å². The lowest BCUT2D eigenvalue weighted by atomic mass is 10.1. The molecule has 0 N–H and O–H groups in total. The van der Waals surface area contributed by atoms with Crippen molar-refractivity contribution in [3.8, 4) is 0 Å². The maximum absolute atomic E-state index is 12.8. The van der Waals surface area contributed by atoms with Crippen LogP contribution in [0.1, 0.15) is 265 Å². The minimum atomic E-state index is -0.785. The van der Waals surface area contributed by atoms with Gasteiger partial charge in [-0.25, -0.2) is 0 Å². The van der Waals surface area contributed by atoms with Crippen molar-refractivity contribution in [3.05, 3.63) is 122 Å². The van der Waals surface area contributed by atoms with Crippen LogP contribution in [0, 0.1) is 0 Å². The van der Waals surface area contributed by atoms with Crippen LogP contribution in [0.2, 0.25) is 0 Å². The quantitative estimate of drug-likeness (QED) is 0.0261. The van der Waals surface area contributed by atoms with Crippen LogP contribution in [0.5, 0.6) is 0 Å². The van der Waals surface area contributed by atoms with Gasteiger partial charge in [0.25, 0.3) is 0 Å². The number of allylic oxidation sites excluding steroid dienone is 20. The third-order valence-electron chi connectivity index (χ3n) is 12.5. The van der Waals surface area contributed by atoms with Gasteiger partial charge in [-0.15, -0.1) is 0 Å². The van der Waals surface area contributed by atoms with Gasteiger partial charge in [0.2, 0.25) is 0 Å². The average Bonchev–Trinajstić information content (AvgIpc) is 3.39. The zero-order chi connectivity index (χ0) is 52.9. The lowest BCUT2D eigenvalue weighted by Crippen LogP contribution is -2.30. The molecule has 1 atom stereocenters. The monoisotopic (exact) mass is 1010 g/mol. The summed E-state index contributed by atoms with van der Waals surface area (Å²) >= 11 is 0. The second-order valence-corrected chi connectivity index (χ2v) is 19.5. The Hall–Kier alpha value is -4.19. The van der Waals surface area contributed by atoms with Crippen molar-refractivity contribution in [3.63, 3.8) is 0 Å². The molecule has 0 heterocycles. The van der Waals surface area contributed by atoms with Gasteiger partial charge in [-0.2, -0.15) is 0 Å². The highest BCUT2D eigenvalue weighted by Gasteiger charge is 2.19. The Kier molecular flexibility index (Phi) is 56.9. The molecule has 0 saturated carbocycles. The lowest BCUT2D eigenvalue weighted by molar-refractivity contribution is -0.167. The molecular formula is C67H110O6. The van der Waals surface area contributed by atoms with Crippen LogP contribution in [0.4, 0.5) is 0 Å². The molecule has 1 unspecified atom stereocenters. The minimum Gasteiger partial charge on any atom is -0.462 e. The van der Waals surface area contributed by atoms with Crippen molar-refractivity contribution < 1.29 is 28.6 Å². The van der Waals surface area contributed by atoms with Gasteiger partial charge in [-0.3, -0.25) is 14.4 Å². The van der Waals surface area contributed by atoms with Gasteiger partial charge in [-0.1, -0.05) is 258 Å². The molecule has 6 heteroatoms. The van der Waals surface area contributed by atoms with E-state index >= 15 is 0 Å². The SMILES string of the molecule is CC/C=C\C/C=C\C/C=C\C/C=C\C/C=C\C/C=C\C/C=C\CCCCCCCCCCCC(=O)OCC(COC(=O)CCCCCCCCC)OC(=O)CCCCCCCCC/C=C\C/C=C\C/C=C\CC. The van der Waals surface area contributed by atoms with E-state index in [0.717, 1.165) is 135 Å². The Morgan fingerprint density at radius 1 is 0.288 bits per heavy atom. The van der Waals surface area contributed by atoms with Crippen LogP contribution in [0.25, 0.3) is 0 Å². The summed E-state index contributed by atoms with van der Waals surface area (Å²) < 4.78 is 16.8. The summed E-state index contributed by atoms with van der Waals surface area (Å²) in [6, 6.07) is 0. The van der Waals surface area contributed by atoms with E-state index in [1.165, 1.54) is 89.9 Å². The number of carbonyl (C=O) groups excluding carboxylic acids is 3. The largest absolute Gasteiger partial charge is 0.462 e. The van der Waals surface area contributed by atoms with E-state index in [-0.39, 0.29) is 31.1 Å². The molecule has 0 aliphatic carbocycles. The first-order valence-electron chi connectivity index (χ1n) is 30.0. The molecule has 0 fully saturated rings. The minimum absolute atomic E-state index is 0.0847. The van der Waals surface area contributed by atoms with Gasteiger partial charge in [0.15, 0.2) is 6.10 Å². The highest BCUT2D eigenvalue weighted by atomic mass is 16.6. The maximum Gasteiger partial charge on any atom is 0.306 e.